The molecule has 7 heteroatoms. The molecule has 0 saturated carbocycles. The van der Waals surface area contributed by atoms with E-state index in [1.165, 1.54) is 19.3 Å². The van der Waals surface area contributed by atoms with Crippen LogP contribution in [0.2, 0.25) is 0 Å². The third-order valence-corrected chi connectivity index (χ3v) is 5.20. The first kappa shape index (κ1) is 18.9. The third kappa shape index (κ3) is 4.84. The van der Waals surface area contributed by atoms with Crippen molar-refractivity contribution in [2.24, 2.45) is 11.8 Å². The third-order valence-electron chi connectivity index (χ3n) is 4.95. The predicted molar refractivity (Wildman–Crippen MR) is 113 cm³/mol. The first-order chi connectivity index (χ1) is 12.5. The maximum Gasteiger partial charge on any atom is 0.232 e. The average Bonchev–Trinajstić information content (AvgIpc) is 3.13. The summed E-state index contributed by atoms with van der Waals surface area (Å²) < 4.78 is 0. The monoisotopic (exact) mass is 374 g/mol. The van der Waals surface area contributed by atoms with Crippen molar-refractivity contribution in [2.45, 2.75) is 33.1 Å². The van der Waals surface area contributed by atoms with Crippen LogP contribution in [0.4, 0.5) is 17.6 Å². The molecule has 2 aliphatic heterocycles. The van der Waals surface area contributed by atoms with Crippen LogP contribution in [0.1, 0.15) is 33.1 Å². The van der Waals surface area contributed by atoms with Gasteiger partial charge in [0.2, 0.25) is 5.95 Å². The van der Waals surface area contributed by atoms with Gasteiger partial charge in [-0.05, 0) is 43.3 Å². The number of hydrogen-bond donors (Lipinski definition) is 2. The SMILES string of the molecule is C=CCNC(=S)Nc1nc(N2CCCC2)cc(N2C[C@H](C)C[C@H](C)C2)n1. The molecule has 0 amide bonds. The van der Waals surface area contributed by atoms with Gasteiger partial charge in [0.05, 0.1) is 0 Å². The molecule has 2 saturated heterocycles. The van der Waals surface area contributed by atoms with Crippen LogP contribution >= 0.6 is 12.2 Å². The van der Waals surface area contributed by atoms with Gasteiger partial charge < -0.3 is 20.4 Å². The minimum Gasteiger partial charge on any atom is -0.359 e. The van der Waals surface area contributed by atoms with E-state index < -0.39 is 0 Å². The second kappa shape index (κ2) is 8.66. The van der Waals surface area contributed by atoms with Crippen molar-refractivity contribution in [1.29, 1.82) is 0 Å². The second-order valence-corrected chi connectivity index (χ2v) is 7.99. The van der Waals surface area contributed by atoms with Gasteiger partial charge in [-0.25, -0.2) is 0 Å². The smallest absolute Gasteiger partial charge is 0.232 e. The zero-order chi connectivity index (χ0) is 18.5. The normalized spacial score (nSPS) is 23.0. The summed E-state index contributed by atoms with van der Waals surface area (Å²) in [5.41, 5.74) is 0. The topological polar surface area (TPSA) is 56.3 Å². The molecule has 1 aromatic heterocycles. The molecule has 0 spiro atoms. The minimum atomic E-state index is 0.523. The number of aromatic nitrogens is 2. The Balaban J connectivity index is 1.84. The number of hydrogen-bond acceptors (Lipinski definition) is 5. The molecular formula is C19H30N6S. The molecule has 26 heavy (non-hydrogen) atoms. The molecule has 0 aliphatic carbocycles. The fourth-order valence-corrected chi connectivity index (χ4v) is 4.08. The summed E-state index contributed by atoms with van der Waals surface area (Å²) in [5, 5.41) is 6.74. The zero-order valence-corrected chi connectivity index (χ0v) is 16.7. The maximum absolute atomic E-state index is 5.34. The number of anilines is 3. The van der Waals surface area contributed by atoms with E-state index in [-0.39, 0.29) is 0 Å². The van der Waals surface area contributed by atoms with Crippen molar-refractivity contribution < 1.29 is 0 Å². The quantitative estimate of drug-likeness (QED) is 0.607. The van der Waals surface area contributed by atoms with Gasteiger partial charge in [0.15, 0.2) is 5.11 Å². The molecule has 2 N–H and O–H groups in total. The first-order valence-corrected chi connectivity index (χ1v) is 10.0. The van der Waals surface area contributed by atoms with E-state index in [2.05, 4.69) is 46.9 Å². The van der Waals surface area contributed by atoms with Crippen molar-refractivity contribution in [3.05, 3.63) is 18.7 Å². The lowest BCUT2D eigenvalue weighted by Gasteiger charge is -2.36. The molecule has 142 valence electrons. The summed E-state index contributed by atoms with van der Waals surface area (Å²) in [6.45, 7) is 13.2. The van der Waals surface area contributed by atoms with Crippen LogP contribution in [0.3, 0.4) is 0 Å². The van der Waals surface area contributed by atoms with Gasteiger partial charge in [-0.3, -0.25) is 0 Å². The highest BCUT2D eigenvalue weighted by molar-refractivity contribution is 7.80. The van der Waals surface area contributed by atoms with Crippen LogP contribution < -0.4 is 20.4 Å². The van der Waals surface area contributed by atoms with E-state index in [0.29, 0.717) is 29.4 Å². The lowest BCUT2D eigenvalue weighted by molar-refractivity contribution is 0.355. The lowest BCUT2D eigenvalue weighted by atomic mass is 9.92. The van der Waals surface area contributed by atoms with Gasteiger partial charge >= 0.3 is 0 Å². The van der Waals surface area contributed by atoms with Crippen molar-refractivity contribution in [3.63, 3.8) is 0 Å². The van der Waals surface area contributed by atoms with E-state index in [0.717, 1.165) is 37.8 Å². The van der Waals surface area contributed by atoms with Crippen molar-refractivity contribution in [2.75, 3.05) is 47.8 Å². The number of nitrogens with zero attached hydrogens (tertiary/aromatic N) is 4. The summed E-state index contributed by atoms with van der Waals surface area (Å²) in [7, 11) is 0. The number of thiocarbonyl (C=S) groups is 1. The van der Waals surface area contributed by atoms with Crippen LogP contribution in [-0.4, -0.2) is 47.8 Å². The van der Waals surface area contributed by atoms with Crippen LogP contribution in [0.5, 0.6) is 0 Å². The Hall–Kier alpha value is -1.89. The highest BCUT2D eigenvalue weighted by Gasteiger charge is 2.25. The van der Waals surface area contributed by atoms with E-state index in [1.54, 1.807) is 6.08 Å². The molecular weight excluding hydrogens is 344 g/mol. The molecule has 0 bridgehead atoms. The average molecular weight is 375 g/mol. The van der Waals surface area contributed by atoms with Crippen LogP contribution in [0, 0.1) is 11.8 Å². The van der Waals surface area contributed by atoms with Gasteiger partial charge in [0.25, 0.3) is 0 Å². The number of nitrogens with one attached hydrogen (secondary N) is 2. The van der Waals surface area contributed by atoms with Gasteiger partial charge in [0, 0.05) is 38.8 Å². The summed E-state index contributed by atoms with van der Waals surface area (Å²) in [4.78, 5) is 14.2. The fourth-order valence-electron chi connectivity index (χ4n) is 3.91. The molecule has 2 atom stereocenters. The largest absolute Gasteiger partial charge is 0.359 e. The molecule has 2 fully saturated rings. The molecule has 6 nitrogen and oxygen atoms in total. The van der Waals surface area contributed by atoms with Crippen molar-refractivity contribution in [1.82, 2.24) is 15.3 Å². The second-order valence-electron chi connectivity index (χ2n) is 7.58. The van der Waals surface area contributed by atoms with Crippen LogP contribution in [0.15, 0.2) is 18.7 Å². The Kier molecular flexibility index (Phi) is 6.29. The molecule has 0 unspecified atom stereocenters. The Morgan fingerprint density at radius 3 is 2.42 bits per heavy atom. The Morgan fingerprint density at radius 1 is 1.19 bits per heavy atom. The molecule has 3 rings (SSSR count). The van der Waals surface area contributed by atoms with Gasteiger partial charge in [-0.15, -0.1) is 6.58 Å². The van der Waals surface area contributed by atoms with E-state index in [4.69, 9.17) is 22.2 Å². The highest BCUT2D eigenvalue weighted by Crippen LogP contribution is 2.29. The van der Waals surface area contributed by atoms with Gasteiger partial charge in [-0.1, -0.05) is 19.9 Å². The van der Waals surface area contributed by atoms with E-state index >= 15 is 0 Å². The number of piperidine rings is 1. The molecule has 0 aromatic carbocycles. The first-order valence-electron chi connectivity index (χ1n) is 9.60. The number of rotatable bonds is 5. The highest BCUT2D eigenvalue weighted by atomic mass is 32.1. The fraction of sp³-hybridized carbons (Fsp3) is 0.632. The molecule has 2 aliphatic rings. The molecule has 0 radical (unpaired) electrons. The Bertz CT molecular complexity index is 633. The molecule has 3 heterocycles. The zero-order valence-electron chi connectivity index (χ0n) is 15.9. The summed E-state index contributed by atoms with van der Waals surface area (Å²) in [6, 6.07) is 2.14. The summed E-state index contributed by atoms with van der Waals surface area (Å²) >= 11 is 5.34. The summed E-state index contributed by atoms with van der Waals surface area (Å²) in [6.07, 6.45) is 5.50. The van der Waals surface area contributed by atoms with Gasteiger partial charge in [0.1, 0.15) is 11.6 Å². The van der Waals surface area contributed by atoms with Crippen LogP contribution in [-0.2, 0) is 0 Å². The predicted octanol–water partition coefficient (Wildman–Crippen LogP) is 3.03. The van der Waals surface area contributed by atoms with E-state index in [9.17, 15) is 0 Å². The minimum absolute atomic E-state index is 0.523. The van der Waals surface area contributed by atoms with E-state index in [1.807, 2.05) is 0 Å². The lowest BCUT2D eigenvalue weighted by Crippen LogP contribution is -2.39. The Labute approximate surface area is 162 Å². The van der Waals surface area contributed by atoms with Crippen molar-refractivity contribution >= 4 is 34.9 Å². The van der Waals surface area contributed by atoms with Gasteiger partial charge in [-0.2, -0.15) is 9.97 Å². The maximum atomic E-state index is 5.34. The van der Waals surface area contributed by atoms with Crippen molar-refractivity contribution in [3.8, 4) is 0 Å². The van der Waals surface area contributed by atoms with Crippen LogP contribution in [0.25, 0.3) is 0 Å². The Morgan fingerprint density at radius 2 is 1.81 bits per heavy atom. The standard InChI is InChI=1S/C19H30N6S/c1-4-7-20-19(26)23-18-21-16(24-8-5-6-9-24)11-17(22-18)25-12-14(2)10-15(3)13-25/h4,11,14-15H,1,5-10,12-13H2,2-3H3,(H2,20,21,22,23,26)/t14-,15+. The molecule has 1 aromatic rings. The summed E-state index contributed by atoms with van der Waals surface area (Å²) in [5.74, 6) is 3.91.